The van der Waals surface area contributed by atoms with Crippen molar-refractivity contribution < 1.29 is 14.3 Å². The van der Waals surface area contributed by atoms with E-state index in [0.29, 0.717) is 23.3 Å². The Morgan fingerprint density at radius 3 is 2.62 bits per heavy atom. The smallest absolute Gasteiger partial charge is 0.311 e. The van der Waals surface area contributed by atoms with Crippen molar-refractivity contribution in [2.24, 2.45) is 17.3 Å². The Labute approximate surface area is 156 Å². The number of rotatable bonds is 3. The molecule has 6 heteroatoms. The minimum atomic E-state index is -0.403. The molecule has 6 rings (SSSR count). The fourth-order valence-corrected chi connectivity index (χ4v) is 6.99. The van der Waals surface area contributed by atoms with Crippen molar-refractivity contribution in [2.75, 3.05) is 7.11 Å². The molecule has 1 aromatic carbocycles. The van der Waals surface area contributed by atoms with Crippen LogP contribution in [0, 0.1) is 17.3 Å². The Morgan fingerprint density at radius 2 is 1.92 bits per heavy atom. The van der Waals surface area contributed by atoms with Gasteiger partial charge in [-0.1, -0.05) is 12.1 Å². The van der Waals surface area contributed by atoms with Crippen LogP contribution in [0.15, 0.2) is 24.3 Å². The Balaban J connectivity index is 1.44. The maximum Gasteiger partial charge on any atom is 0.311 e. The summed E-state index contributed by atoms with van der Waals surface area (Å²) < 4.78 is 6.17. The normalized spacial score (nSPS) is 34.8. The molecule has 0 aliphatic heterocycles. The van der Waals surface area contributed by atoms with Crippen molar-refractivity contribution in [1.29, 1.82) is 0 Å². The minimum absolute atomic E-state index is 0.0924. The molecule has 0 spiro atoms. The van der Waals surface area contributed by atoms with E-state index in [0.717, 1.165) is 35.9 Å². The quantitative estimate of drug-likeness (QED) is 0.839. The molecule has 26 heavy (non-hydrogen) atoms. The summed E-state index contributed by atoms with van der Waals surface area (Å²) in [6.07, 6.45) is 5.65. The molecule has 5 nitrogen and oxygen atoms in total. The van der Waals surface area contributed by atoms with Gasteiger partial charge in [-0.25, -0.2) is 4.98 Å². The van der Waals surface area contributed by atoms with Crippen molar-refractivity contribution in [3.63, 3.8) is 0 Å². The molecule has 4 aliphatic rings. The van der Waals surface area contributed by atoms with Gasteiger partial charge >= 0.3 is 5.97 Å². The third-order valence-electron chi connectivity index (χ3n) is 6.55. The average molecular weight is 370 g/mol. The average Bonchev–Trinajstić information content (AvgIpc) is 3.04. The number of hydrogen-bond donors (Lipinski definition) is 1. The number of thiazole rings is 1. The lowest BCUT2D eigenvalue weighted by atomic mass is 9.47. The van der Waals surface area contributed by atoms with Gasteiger partial charge in [0.15, 0.2) is 5.01 Å². The van der Waals surface area contributed by atoms with Crippen molar-refractivity contribution in [2.45, 2.75) is 44.1 Å². The monoisotopic (exact) mass is 370 g/mol. The highest BCUT2D eigenvalue weighted by Gasteiger charge is 2.61. The van der Waals surface area contributed by atoms with Crippen molar-refractivity contribution in [1.82, 2.24) is 10.3 Å². The molecule has 4 fully saturated rings. The standard InChI is InChI=1S/C20H22N2O3S/c1-25-18(24)19-7-12-6-13(8-19)10-20(9-12,11-19)22-16(23)17-21-14-4-2-3-5-15(14)26-17/h2-5,12-13H,6-11H2,1H3,(H,22,23)/t12-,13-,19?,20?/m0/s1. The van der Waals surface area contributed by atoms with E-state index in [1.54, 1.807) is 0 Å². The molecule has 0 saturated heterocycles. The summed E-state index contributed by atoms with van der Waals surface area (Å²) in [5, 5.41) is 3.82. The number of ether oxygens (including phenoxy) is 1. The molecular weight excluding hydrogens is 348 g/mol. The highest BCUT2D eigenvalue weighted by atomic mass is 32.1. The molecule has 1 aromatic heterocycles. The highest BCUT2D eigenvalue weighted by molar-refractivity contribution is 7.20. The predicted molar refractivity (Wildman–Crippen MR) is 98.9 cm³/mol. The molecular formula is C20H22N2O3S. The topological polar surface area (TPSA) is 68.3 Å². The molecule has 2 atom stereocenters. The van der Waals surface area contributed by atoms with E-state index in [2.05, 4.69) is 10.3 Å². The minimum Gasteiger partial charge on any atom is -0.469 e. The fourth-order valence-electron chi connectivity index (χ4n) is 6.13. The first-order valence-corrected chi connectivity index (χ1v) is 10.1. The Morgan fingerprint density at radius 1 is 1.19 bits per heavy atom. The van der Waals surface area contributed by atoms with E-state index in [-0.39, 0.29) is 17.4 Å². The summed E-state index contributed by atoms with van der Waals surface area (Å²) in [5.74, 6) is 0.815. The van der Waals surface area contributed by atoms with Crippen LogP contribution < -0.4 is 5.32 Å². The Hall–Kier alpha value is -1.95. The summed E-state index contributed by atoms with van der Waals surface area (Å²) in [4.78, 5) is 30.0. The van der Waals surface area contributed by atoms with Crippen LogP contribution in [-0.2, 0) is 9.53 Å². The summed E-state index contributed by atoms with van der Waals surface area (Å²) >= 11 is 1.43. The molecule has 4 bridgehead atoms. The zero-order valence-electron chi connectivity index (χ0n) is 14.8. The van der Waals surface area contributed by atoms with Gasteiger partial charge in [-0.3, -0.25) is 9.59 Å². The van der Waals surface area contributed by atoms with E-state index in [1.807, 2.05) is 24.3 Å². The van der Waals surface area contributed by atoms with Gasteiger partial charge in [0.05, 0.1) is 22.7 Å². The molecule has 1 N–H and O–H groups in total. The van der Waals surface area contributed by atoms with Crippen molar-refractivity contribution >= 4 is 33.4 Å². The summed E-state index contributed by atoms with van der Waals surface area (Å²) in [7, 11) is 1.48. The predicted octanol–water partition coefficient (Wildman–Crippen LogP) is 3.54. The second-order valence-corrected chi connectivity index (χ2v) is 9.48. The summed E-state index contributed by atoms with van der Waals surface area (Å²) in [6, 6.07) is 7.81. The zero-order valence-corrected chi connectivity index (χ0v) is 15.6. The Kier molecular flexibility index (Phi) is 3.45. The van der Waals surface area contributed by atoms with Gasteiger partial charge in [-0.05, 0) is 62.5 Å². The largest absolute Gasteiger partial charge is 0.469 e. The lowest BCUT2D eigenvalue weighted by Gasteiger charge is -2.60. The van der Waals surface area contributed by atoms with Gasteiger partial charge < -0.3 is 10.1 Å². The van der Waals surface area contributed by atoms with E-state index >= 15 is 0 Å². The number of benzene rings is 1. The first-order valence-electron chi connectivity index (χ1n) is 9.27. The van der Waals surface area contributed by atoms with Gasteiger partial charge in [0.25, 0.3) is 5.91 Å². The molecule has 1 amide bonds. The van der Waals surface area contributed by atoms with Crippen molar-refractivity contribution in [3.8, 4) is 0 Å². The van der Waals surface area contributed by atoms with Crippen LogP contribution in [0.2, 0.25) is 0 Å². The van der Waals surface area contributed by atoms with E-state index in [4.69, 9.17) is 4.74 Å². The molecule has 1 heterocycles. The van der Waals surface area contributed by atoms with Crippen LogP contribution in [0.1, 0.15) is 48.3 Å². The Bertz CT molecular complexity index is 858. The van der Waals surface area contributed by atoms with E-state index in [1.165, 1.54) is 24.9 Å². The van der Waals surface area contributed by atoms with Gasteiger partial charge in [0.1, 0.15) is 0 Å². The van der Waals surface area contributed by atoms with E-state index in [9.17, 15) is 9.59 Å². The van der Waals surface area contributed by atoms with Gasteiger partial charge in [0.2, 0.25) is 0 Å². The van der Waals surface area contributed by atoms with E-state index < -0.39 is 5.41 Å². The van der Waals surface area contributed by atoms with Crippen LogP contribution in [-0.4, -0.2) is 29.5 Å². The number of nitrogens with one attached hydrogen (secondary N) is 1. The molecule has 4 aliphatic carbocycles. The summed E-state index contributed by atoms with van der Waals surface area (Å²) in [6.45, 7) is 0. The first kappa shape index (κ1) is 16.2. The van der Waals surface area contributed by atoms with Crippen LogP contribution in [0.4, 0.5) is 0 Å². The number of carbonyl (C=O) groups excluding carboxylic acids is 2. The van der Waals surface area contributed by atoms with Gasteiger partial charge in [-0.15, -0.1) is 11.3 Å². The summed E-state index contributed by atoms with van der Waals surface area (Å²) in [5.41, 5.74) is 0.173. The van der Waals surface area contributed by atoms with Crippen LogP contribution in [0.3, 0.4) is 0 Å². The number of para-hydroxylation sites is 1. The molecule has 0 radical (unpaired) electrons. The fraction of sp³-hybridized carbons (Fsp3) is 0.550. The third kappa shape index (κ3) is 2.38. The number of hydrogen-bond acceptors (Lipinski definition) is 5. The molecule has 0 unspecified atom stereocenters. The second-order valence-electron chi connectivity index (χ2n) is 8.45. The van der Waals surface area contributed by atoms with Crippen LogP contribution in [0.5, 0.6) is 0 Å². The number of amides is 1. The third-order valence-corrected chi connectivity index (χ3v) is 7.58. The van der Waals surface area contributed by atoms with Crippen molar-refractivity contribution in [3.05, 3.63) is 29.3 Å². The van der Waals surface area contributed by atoms with Crippen LogP contribution >= 0.6 is 11.3 Å². The highest BCUT2D eigenvalue weighted by Crippen LogP contribution is 2.62. The zero-order chi connectivity index (χ0) is 17.9. The first-order chi connectivity index (χ1) is 12.5. The number of carbonyl (C=O) groups is 2. The number of nitrogens with zero attached hydrogens (tertiary/aromatic N) is 1. The maximum atomic E-state index is 13.0. The molecule has 4 saturated carbocycles. The lowest BCUT2D eigenvalue weighted by molar-refractivity contribution is -0.171. The number of methoxy groups -OCH3 is 1. The second kappa shape index (κ2) is 5.52. The maximum absolute atomic E-state index is 13.0. The number of fused-ring (bicyclic) bond motifs is 1. The number of aromatic nitrogens is 1. The van der Waals surface area contributed by atoms with Gasteiger partial charge in [0, 0.05) is 5.54 Å². The molecule has 136 valence electrons. The lowest BCUT2D eigenvalue weighted by Crippen LogP contribution is -2.64. The van der Waals surface area contributed by atoms with Crippen LogP contribution in [0.25, 0.3) is 10.2 Å². The number of esters is 1. The van der Waals surface area contributed by atoms with Gasteiger partial charge in [-0.2, -0.15) is 0 Å². The SMILES string of the molecule is COC(=O)C12C[C@@H]3C[C@H](CC(NC(=O)c4nc5ccccc5s4)(C3)C1)C2. The molecule has 2 aromatic rings.